The highest BCUT2D eigenvalue weighted by atomic mass is 16.2. The minimum atomic E-state index is 0.308. The molecule has 0 bridgehead atoms. The van der Waals surface area contributed by atoms with Crippen LogP contribution in [0.4, 0.5) is 0 Å². The van der Waals surface area contributed by atoms with Crippen LogP contribution in [0.15, 0.2) is 0 Å². The monoisotopic (exact) mass is 224 g/mol. The number of amides is 1. The molecule has 2 fully saturated rings. The molecule has 1 saturated heterocycles. The molecule has 0 radical (unpaired) electrons. The predicted octanol–water partition coefficient (Wildman–Crippen LogP) is 1.63. The summed E-state index contributed by atoms with van der Waals surface area (Å²) in [6, 6.07) is 0.441. The predicted molar refractivity (Wildman–Crippen MR) is 65.2 cm³/mol. The van der Waals surface area contributed by atoms with E-state index in [9.17, 15) is 4.79 Å². The quantitative estimate of drug-likeness (QED) is 0.787. The largest absolute Gasteiger partial charge is 0.353 e. The number of carbonyl (C=O) groups excluding carboxylic acids is 1. The van der Waals surface area contributed by atoms with Gasteiger partial charge in [0.2, 0.25) is 5.91 Å². The fraction of sp³-hybridized carbons (Fsp3) is 0.923. The summed E-state index contributed by atoms with van der Waals surface area (Å²) >= 11 is 0. The highest BCUT2D eigenvalue weighted by Crippen LogP contribution is 2.29. The van der Waals surface area contributed by atoms with Gasteiger partial charge in [0, 0.05) is 31.6 Å². The molecule has 3 heteroatoms. The third-order valence-electron chi connectivity index (χ3n) is 3.51. The Bertz CT molecular complexity index is 240. The van der Waals surface area contributed by atoms with E-state index in [1.165, 1.54) is 6.54 Å². The summed E-state index contributed by atoms with van der Waals surface area (Å²) in [6.07, 6.45) is 4.48. The number of rotatable bonds is 4. The summed E-state index contributed by atoms with van der Waals surface area (Å²) < 4.78 is 0. The van der Waals surface area contributed by atoms with Crippen LogP contribution in [0.3, 0.4) is 0 Å². The van der Waals surface area contributed by atoms with Crippen molar-refractivity contribution in [3.05, 3.63) is 0 Å². The van der Waals surface area contributed by atoms with Gasteiger partial charge in [-0.25, -0.2) is 0 Å². The number of piperidine rings is 1. The van der Waals surface area contributed by atoms with Crippen LogP contribution >= 0.6 is 0 Å². The number of carbonyl (C=O) groups is 1. The van der Waals surface area contributed by atoms with Crippen molar-refractivity contribution in [2.75, 3.05) is 19.6 Å². The molecule has 1 saturated carbocycles. The molecule has 2 rings (SSSR count). The van der Waals surface area contributed by atoms with E-state index < -0.39 is 0 Å². The van der Waals surface area contributed by atoms with Crippen LogP contribution in [-0.2, 0) is 4.79 Å². The maximum absolute atomic E-state index is 11.6. The van der Waals surface area contributed by atoms with Crippen LogP contribution in [0.5, 0.6) is 0 Å². The normalized spacial score (nSPS) is 23.7. The molecule has 2 aliphatic rings. The molecule has 1 aliphatic carbocycles. The summed E-state index contributed by atoms with van der Waals surface area (Å²) in [5.74, 6) is 1.41. The highest BCUT2D eigenvalue weighted by Gasteiger charge is 2.31. The molecule has 1 amide bonds. The van der Waals surface area contributed by atoms with Gasteiger partial charge in [-0.05, 0) is 31.6 Å². The van der Waals surface area contributed by atoms with Crippen molar-refractivity contribution in [1.29, 1.82) is 0 Å². The van der Waals surface area contributed by atoms with Gasteiger partial charge in [-0.1, -0.05) is 13.8 Å². The Labute approximate surface area is 98.6 Å². The lowest BCUT2D eigenvalue weighted by molar-refractivity contribution is -0.123. The van der Waals surface area contributed by atoms with Crippen molar-refractivity contribution >= 4 is 5.91 Å². The molecule has 0 spiro atoms. The first-order chi connectivity index (χ1) is 7.65. The van der Waals surface area contributed by atoms with E-state index in [0.29, 0.717) is 17.9 Å². The third kappa shape index (κ3) is 3.48. The van der Waals surface area contributed by atoms with E-state index in [0.717, 1.165) is 44.7 Å². The van der Waals surface area contributed by atoms with Crippen molar-refractivity contribution in [3.63, 3.8) is 0 Å². The number of hydrogen-bond acceptors (Lipinski definition) is 2. The lowest BCUT2D eigenvalue weighted by Gasteiger charge is -2.33. The van der Waals surface area contributed by atoms with Gasteiger partial charge in [-0.3, -0.25) is 4.79 Å². The van der Waals surface area contributed by atoms with E-state index in [2.05, 4.69) is 24.1 Å². The number of nitrogens with one attached hydrogen (secondary N) is 1. The lowest BCUT2D eigenvalue weighted by atomic mass is 10.0. The van der Waals surface area contributed by atoms with Crippen LogP contribution in [0.2, 0.25) is 0 Å². The molecule has 3 nitrogen and oxygen atoms in total. The molecule has 1 heterocycles. The van der Waals surface area contributed by atoms with Crippen LogP contribution < -0.4 is 5.32 Å². The smallest absolute Gasteiger partial charge is 0.223 e. The van der Waals surface area contributed by atoms with Crippen LogP contribution in [-0.4, -0.2) is 36.5 Å². The number of likely N-dealkylation sites (tertiary alicyclic amines) is 1. The SMILES string of the molecule is CC(C)CN1CCC(NC(=O)C2CC2)CC1. The summed E-state index contributed by atoms with van der Waals surface area (Å²) in [6.45, 7) is 8.02. The van der Waals surface area contributed by atoms with Gasteiger partial charge in [0.15, 0.2) is 0 Å². The molecule has 0 aromatic heterocycles. The van der Waals surface area contributed by atoms with Crippen LogP contribution in [0, 0.1) is 11.8 Å². The summed E-state index contributed by atoms with van der Waals surface area (Å²) in [5.41, 5.74) is 0. The van der Waals surface area contributed by atoms with Gasteiger partial charge < -0.3 is 10.2 Å². The molecule has 0 aromatic carbocycles. The second-order valence-electron chi connectivity index (χ2n) is 5.75. The van der Waals surface area contributed by atoms with E-state index in [1.807, 2.05) is 0 Å². The topological polar surface area (TPSA) is 32.3 Å². The van der Waals surface area contributed by atoms with Gasteiger partial charge in [-0.2, -0.15) is 0 Å². The molecule has 0 unspecified atom stereocenters. The average Bonchev–Trinajstić information content (AvgIpc) is 3.03. The Kier molecular flexibility index (Phi) is 3.85. The highest BCUT2D eigenvalue weighted by molar-refractivity contribution is 5.81. The van der Waals surface area contributed by atoms with E-state index in [-0.39, 0.29) is 0 Å². The fourth-order valence-corrected chi connectivity index (χ4v) is 2.44. The van der Waals surface area contributed by atoms with Crippen LogP contribution in [0.25, 0.3) is 0 Å². The van der Waals surface area contributed by atoms with Crippen molar-refractivity contribution < 1.29 is 4.79 Å². The maximum Gasteiger partial charge on any atom is 0.223 e. The molecule has 0 atom stereocenters. The Balaban J connectivity index is 1.66. The zero-order valence-electron chi connectivity index (χ0n) is 10.5. The second kappa shape index (κ2) is 5.17. The summed E-state index contributed by atoms with van der Waals surface area (Å²) in [5, 5.41) is 3.19. The van der Waals surface area contributed by atoms with Crippen molar-refractivity contribution in [3.8, 4) is 0 Å². The lowest BCUT2D eigenvalue weighted by Crippen LogP contribution is -2.45. The minimum absolute atomic E-state index is 0.308. The Hall–Kier alpha value is -0.570. The average molecular weight is 224 g/mol. The first kappa shape index (κ1) is 11.9. The molecule has 1 aliphatic heterocycles. The maximum atomic E-state index is 11.6. The second-order valence-corrected chi connectivity index (χ2v) is 5.75. The molecular formula is C13H24N2O. The Morgan fingerprint density at radius 3 is 2.38 bits per heavy atom. The van der Waals surface area contributed by atoms with Gasteiger partial charge in [0.05, 0.1) is 0 Å². The minimum Gasteiger partial charge on any atom is -0.353 e. The van der Waals surface area contributed by atoms with Gasteiger partial charge in [0.25, 0.3) is 0 Å². The molecule has 1 N–H and O–H groups in total. The van der Waals surface area contributed by atoms with Crippen LogP contribution in [0.1, 0.15) is 39.5 Å². The van der Waals surface area contributed by atoms with E-state index in [1.54, 1.807) is 0 Å². The van der Waals surface area contributed by atoms with Crippen molar-refractivity contribution in [2.24, 2.45) is 11.8 Å². The Morgan fingerprint density at radius 1 is 1.25 bits per heavy atom. The zero-order valence-corrected chi connectivity index (χ0v) is 10.5. The Morgan fingerprint density at radius 2 is 1.88 bits per heavy atom. The summed E-state index contributed by atoms with van der Waals surface area (Å²) in [4.78, 5) is 14.1. The molecular weight excluding hydrogens is 200 g/mol. The van der Waals surface area contributed by atoms with Crippen molar-refractivity contribution in [1.82, 2.24) is 10.2 Å². The van der Waals surface area contributed by atoms with Crippen molar-refractivity contribution in [2.45, 2.75) is 45.6 Å². The fourth-order valence-electron chi connectivity index (χ4n) is 2.44. The molecule has 0 aromatic rings. The van der Waals surface area contributed by atoms with E-state index >= 15 is 0 Å². The van der Waals surface area contributed by atoms with Gasteiger partial charge >= 0.3 is 0 Å². The zero-order chi connectivity index (χ0) is 11.5. The standard InChI is InChI=1S/C13H24N2O/c1-10(2)9-15-7-5-12(6-8-15)14-13(16)11-3-4-11/h10-12H,3-9H2,1-2H3,(H,14,16). The molecule has 16 heavy (non-hydrogen) atoms. The third-order valence-corrected chi connectivity index (χ3v) is 3.51. The summed E-state index contributed by atoms with van der Waals surface area (Å²) in [7, 11) is 0. The molecule has 92 valence electrons. The first-order valence-corrected chi connectivity index (χ1v) is 6.68. The first-order valence-electron chi connectivity index (χ1n) is 6.68. The van der Waals surface area contributed by atoms with E-state index in [4.69, 9.17) is 0 Å². The van der Waals surface area contributed by atoms with Gasteiger partial charge in [-0.15, -0.1) is 0 Å². The van der Waals surface area contributed by atoms with Gasteiger partial charge in [0.1, 0.15) is 0 Å². The number of nitrogens with zero attached hydrogens (tertiary/aromatic N) is 1. The number of hydrogen-bond donors (Lipinski definition) is 1.